The van der Waals surface area contributed by atoms with E-state index in [0.29, 0.717) is 5.56 Å². The Morgan fingerprint density at radius 3 is 2.18 bits per heavy atom. The van der Waals surface area contributed by atoms with Crippen molar-refractivity contribution >= 4 is 21.6 Å². The Balaban J connectivity index is 2.16. The molecule has 0 saturated carbocycles. The number of hydrogen-bond acceptors (Lipinski definition) is 4. The molecule has 0 radical (unpaired) electrons. The van der Waals surface area contributed by atoms with E-state index in [1.165, 1.54) is 31.4 Å². The average Bonchev–Trinajstić information content (AvgIpc) is 2.48. The molecule has 0 atom stereocenters. The molecule has 2 N–H and O–H groups in total. The SMILES string of the molecule is CONC(=O)c1ccc(NS(=O)(=O)c2ccc(F)cc2)cc1. The molecule has 8 heteroatoms. The van der Waals surface area contributed by atoms with Gasteiger partial charge in [0.1, 0.15) is 5.82 Å². The number of carbonyl (C=O) groups excluding carboxylic acids is 1. The molecule has 0 unspecified atom stereocenters. The predicted molar refractivity (Wildman–Crippen MR) is 78.1 cm³/mol. The van der Waals surface area contributed by atoms with Gasteiger partial charge in [-0.05, 0) is 48.5 Å². The van der Waals surface area contributed by atoms with Crippen LogP contribution in [0.4, 0.5) is 10.1 Å². The van der Waals surface area contributed by atoms with Crippen molar-refractivity contribution in [3.8, 4) is 0 Å². The summed E-state index contributed by atoms with van der Waals surface area (Å²) in [6.07, 6.45) is 0. The van der Waals surface area contributed by atoms with Crippen molar-refractivity contribution in [1.82, 2.24) is 5.48 Å². The molecule has 0 heterocycles. The topological polar surface area (TPSA) is 84.5 Å². The number of amides is 1. The Morgan fingerprint density at radius 1 is 1.05 bits per heavy atom. The largest absolute Gasteiger partial charge is 0.280 e. The lowest BCUT2D eigenvalue weighted by atomic mass is 10.2. The van der Waals surface area contributed by atoms with E-state index in [1.807, 2.05) is 0 Å². The number of hydrogen-bond donors (Lipinski definition) is 2. The maximum Gasteiger partial charge on any atom is 0.274 e. The van der Waals surface area contributed by atoms with Crippen molar-refractivity contribution in [1.29, 1.82) is 0 Å². The molecule has 2 rings (SSSR count). The molecule has 0 aromatic heterocycles. The van der Waals surface area contributed by atoms with Crippen LogP contribution < -0.4 is 10.2 Å². The van der Waals surface area contributed by atoms with E-state index >= 15 is 0 Å². The number of halogens is 1. The third kappa shape index (κ3) is 3.80. The van der Waals surface area contributed by atoms with Gasteiger partial charge in [0.05, 0.1) is 12.0 Å². The van der Waals surface area contributed by atoms with E-state index in [1.54, 1.807) is 0 Å². The van der Waals surface area contributed by atoms with E-state index in [9.17, 15) is 17.6 Å². The maximum absolute atomic E-state index is 12.8. The van der Waals surface area contributed by atoms with E-state index in [-0.39, 0.29) is 10.6 Å². The van der Waals surface area contributed by atoms with Crippen LogP contribution in [0, 0.1) is 5.82 Å². The highest BCUT2D eigenvalue weighted by molar-refractivity contribution is 7.92. The first-order chi connectivity index (χ1) is 10.4. The Morgan fingerprint density at radius 2 is 1.64 bits per heavy atom. The van der Waals surface area contributed by atoms with Gasteiger partial charge in [-0.25, -0.2) is 18.3 Å². The summed E-state index contributed by atoms with van der Waals surface area (Å²) >= 11 is 0. The minimum Gasteiger partial charge on any atom is -0.280 e. The van der Waals surface area contributed by atoms with Gasteiger partial charge in [0.25, 0.3) is 15.9 Å². The lowest BCUT2D eigenvalue weighted by Gasteiger charge is -2.09. The summed E-state index contributed by atoms with van der Waals surface area (Å²) in [6, 6.07) is 10.2. The van der Waals surface area contributed by atoms with E-state index < -0.39 is 21.7 Å². The Bertz CT molecular complexity index is 758. The summed E-state index contributed by atoms with van der Waals surface area (Å²) < 4.78 is 39.4. The number of sulfonamides is 1. The molecule has 0 spiro atoms. The normalized spacial score (nSPS) is 11.0. The number of nitrogens with one attached hydrogen (secondary N) is 2. The average molecular weight is 324 g/mol. The Hall–Kier alpha value is -2.45. The van der Waals surface area contributed by atoms with Crippen LogP contribution in [0.5, 0.6) is 0 Å². The second kappa shape index (κ2) is 6.54. The minimum atomic E-state index is -3.82. The van der Waals surface area contributed by atoms with Crippen molar-refractivity contribution in [3.63, 3.8) is 0 Å². The van der Waals surface area contributed by atoms with Crippen LogP contribution in [0.25, 0.3) is 0 Å². The van der Waals surface area contributed by atoms with Crippen molar-refractivity contribution < 1.29 is 22.4 Å². The lowest BCUT2D eigenvalue weighted by Crippen LogP contribution is -2.21. The van der Waals surface area contributed by atoms with Gasteiger partial charge in [-0.2, -0.15) is 0 Å². The second-order valence-electron chi connectivity index (χ2n) is 4.27. The lowest BCUT2D eigenvalue weighted by molar-refractivity contribution is 0.0537. The highest BCUT2D eigenvalue weighted by Crippen LogP contribution is 2.17. The number of rotatable bonds is 5. The molecule has 1 amide bonds. The van der Waals surface area contributed by atoms with Crippen LogP contribution in [0.2, 0.25) is 0 Å². The molecule has 116 valence electrons. The molecule has 0 aliphatic carbocycles. The third-order valence-electron chi connectivity index (χ3n) is 2.72. The molecule has 0 fully saturated rings. The van der Waals surface area contributed by atoms with Crippen LogP contribution >= 0.6 is 0 Å². The van der Waals surface area contributed by atoms with E-state index in [2.05, 4.69) is 15.0 Å². The van der Waals surface area contributed by atoms with E-state index in [0.717, 1.165) is 24.3 Å². The predicted octanol–water partition coefficient (Wildman–Crippen LogP) is 1.92. The Labute approximate surface area is 126 Å². The maximum atomic E-state index is 12.8. The zero-order valence-corrected chi connectivity index (χ0v) is 12.4. The van der Waals surface area contributed by atoms with Crippen molar-refractivity contribution in [2.75, 3.05) is 11.8 Å². The van der Waals surface area contributed by atoms with Crippen LogP contribution in [0.1, 0.15) is 10.4 Å². The van der Waals surface area contributed by atoms with Crippen molar-refractivity contribution in [3.05, 3.63) is 59.9 Å². The van der Waals surface area contributed by atoms with Crippen molar-refractivity contribution in [2.24, 2.45) is 0 Å². The molecule has 2 aromatic rings. The highest BCUT2D eigenvalue weighted by Gasteiger charge is 2.14. The first-order valence-electron chi connectivity index (χ1n) is 6.14. The summed E-state index contributed by atoms with van der Waals surface area (Å²) in [6.45, 7) is 0. The minimum absolute atomic E-state index is 0.0601. The quantitative estimate of drug-likeness (QED) is 0.823. The van der Waals surface area contributed by atoms with Gasteiger partial charge in [0, 0.05) is 11.3 Å². The number of carbonyl (C=O) groups is 1. The summed E-state index contributed by atoms with van der Waals surface area (Å²) in [5.74, 6) is -0.970. The molecule has 0 aliphatic rings. The van der Waals surface area contributed by atoms with Gasteiger partial charge in [-0.3, -0.25) is 14.4 Å². The van der Waals surface area contributed by atoms with Crippen molar-refractivity contribution in [2.45, 2.75) is 4.90 Å². The first-order valence-corrected chi connectivity index (χ1v) is 7.62. The second-order valence-corrected chi connectivity index (χ2v) is 5.95. The third-order valence-corrected chi connectivity index (χ3v) is 4.12. The monoisotopic (exact) mass is 324 g/mol. The molecular weight excluding hydrogens is 311 g/mol. The zero-order chi connectivity index (χ0) is 16.2. The van der Waals surface area contributed by atoms with Gasteiger partial charge in [-0.15, -0.1) is 0 Å². The standard InChI is InChI=1S/C14H13FN2O4S/c1-21-16-14(18)10-2-6-12(7-3-10)17-22(19,20)13-8-4-11(15)5-9-13/h2-9,17H,1H3,(H,16,18). The number of hydroxylamine groups is 1. The number of anilines is 1. The van der Waals surface area contributed by atoms with Gasteiger partial charge < -0.3 is 0 Å². The summed E-state index contributed by atoms with van der Waals surface area (Å²) in [4.78, 5) is 15.9. The fraction of sp³-hybridized carbons (Fsp3) is 0.0714. The van der Waals surface area contributed by atoms with Crippen LogP contribution in [0.3, 0.4) is 0 Å². The van der Waals surface area contributed by atoms with Gasteiger partial charge in [0.2, 0.25) is 0 Å². The van der Waals surface area contributed by atoms with Crippen LogP contribution in [0.15, 0.2) is 53.4 Å². The molecule has 0 bridgehead atoms. The molecule has 0 aliphatic heterocycles. The van der Waals surface area contributed by atoms with Gasteiger partial charge in [-0.1, -0.05) is 0 Å². The van der Waals surface area contributed by atoms with Crippen LogP contribution in [-0.2, 0) is 14.9 Å². The summed E-state index contributed by atoms with van der Waals surface area (Å²) in [5, 5.41) is 0. The summed E-state index contributed by atoms with van der Waals surface area (Å²) in [7, 11) is -2.51. The smallest absolute Gasteiger partial charge is 0.274 e. The van der Waals surface area contributed by atoms with Crippen LogP contribution in [-0.4, -0.2) is 21.4 Å². The van der Waals surface area contributed by atoms with Gasteiger partial charge in [0.15, 0.2) is 0 Å². The summed E-state index contributed by atoms with van der Waals surface area (Å²) in [5.41, 5.74) is 2.74. The Kier molecular flexibility index (Phi) is 4.74. The van der Waals surface area contributed by atoms with Gasteiger partial charge >= 0.3 is 0 Å². The fourth-order valence-electron chi connectivity index (χ4n) is 1.67. The molecule has 0 saturated heterocycles. The fourth-order valence-corrected chi connectivity index (χ4v) is 2.73. The molecule has 6 nitrogen and oxygen atoms in total. The first kappa shape index (κ1) is 15.9. The van der Waals surface area contributed by atoms with E-state index in [4.69, 9.17) is 0 Å². The molecule has 22 heavy (non-hydrogen) atoms. The number of benzene rings is 2. The molecule has 2 aromatic carbocycles. The highest BCUT2D eigenvalue weighted by atomic mass is 32.2. The molecular formula is C14H13FN2O4S. The zero-order valence-electron chi connectivity index (χ0n) is 11.5.